The Kier molecular flexibility index (Phi) is 13.7. The van der Waals surface area contributed by atoms with E-state index >= 15 is 0 Å². The first kappa shape index (κ1) is 35.3. The van der Waals surface area contributed by atoms with Crippen LogP contribution >= 0.6 is 0 Å². The van der Waals surface area contributed by atoms with Gasteiger partial charge in [0.15, 0.2) is 0 Å². The minimum Gasteiger partial charge on any atom is -0.224 e. The summed E-state index contributed by atoms with van der Waals surface area (Å²) in [4.78, 5) is 0. The van der Waals surface area contributed by atoms with Crippen molar-refractivity contribution in [3.05, 3.63) is 0 Å². The molecule has 4 nitrogen and oxygen atoms in total. The second-order valence-electron chi connectivity index (χ2n) is 10.6. The Hall–Kier alpha value is -0.720. The smallest absolute Gasteiger partial charge is 0.224 e. The molecule has 228 valence electrons. The second kappa shape index (κ2) is 14.8. The molecule has 2 fully saturated rings. The van der Waals surface area contributed by atoms with E-state index in [-0.39, 0.29) is 25.7 Å². The van der Waals surface area contributed by atoms with Crippen LogP contribution < -0.4 is 21.7 Å². The standard InChI is InChI=1S/2C13H24F4N2/c2*1-3-5-7-9-11(14,15)13(18-19-13)12(16,17)10-8-6-4-2/h2*18-19H,3-10H2,1-2H3. The van der Waals surface area contributed by atoms with E-state index in [0.29, 0.717) is 25.7 Å². The van der Waals surface area contributed by atoms with Crippen molar-refractivity contribution in [1.29, 1.82) is 0 Å². The van der Waals surface area contributed by atoms with Gasteiger partial charge in [-0.3, -0.25) is 0 Å². The zero-order chi connectivity index (χ0) is 29.1. The van der Waals surface area contributed by atoms with Gasteiger partial charge in [-0.25, -0.2) is 56.8 Å². The van der Waals surface area contributed by atoms with Crippen LogP contribution in [0.4, 0.5) is 35.1 Å². The van der Waals surface area contributed by atoms with Crippen molar-refractivity contribution in [2.45, 2.75) is 165 Å². The molecule has 0 aromatic heterocycles. The fourth-order valence-corrected chi connectivity index (χ4v) is 4.53. The van der Waals surface area contributed by atoms with Crippen LogP contribution in [0.2, 0.25) is 0 Å². The lowest BCUT2D eigenvalue weighted by atomic mass is 9.91. The van der Waals surface area contributed by atoms with Gasteiger partial charge in [-0.05, 0) is 25.7 Å². The van der Waals surface area contributed by atoms with Gasteiger partial charge in [-0.15, -0.1) is 0 Å². The first-order chi connectivity index (χ1) is 17.7. The van der Waals surface area contributed by atoms with Crippen LogP contribution in [0, 0.1) is 0 Å². The molecular formula is C26H48F8N4. The molecule has 0 atom stereocenters. The van der Waals surface area contributed by atoms with Crippen LogP contribution in [-0.4, -0.2) is 35.0 Å². The third kappa shape index (κ3) is 8.64. The second-order valence-corrected chi connectivity index (χ2v) is 10.6. The van der Waals surface area contributed by atoms with Crippen molar-refractivity contribution in [3.63, 3.8) is 0 Å². The van der Waals surface area contributed by atoms with Crippen LogP contribution in [0.15, 0.2) is 0 Å². The van der Waals surface area contributed by atoms with Gasteiger partial charge >= 0.3 is 0 Å². The highest BCUT2D eigenvalue weighted by molar-refractivity contribution is 5.15. The quantitative estimate of drug-likeness (QED) is 0.0674. The van der Waals surface area contributed by atoms with Gasteiger partial charge in [0.05, 0.1) is 0 Å². The lowest BCUT2D eigenvalue weighted by Gasteiger charge is -2.31. The average Bonchev–Trinajstić information content (AvgIpc) is 3.72. The summed E-state index contributed by atoms with van der Waals surface area (Å²) in [6.45, 7) is 7.56. The Morgan fingerprint density at radius 3 is 0.684 bits per heavy atom. The molecule has 4 N–H and O–H groups in total. The molecule has 0 aliphatic carbocycles. The van der Waals surface area contributed by atoms with E-state index in [2.05, 4.69) is 0 Å². The van der Waals surface area contributed by atoms with E-state index in [1.54, 1.807) is 0 Å². The SMILES string of the molecule is CCCCCC(F)(F)C1(C(F)(F)CCCCC)NN1.CCCCCC(F)(F)C1(C(F)(F)CCCCC)NN1. The number of hydrogen-bond acceptors (Lipinski definition) is 4. The van der Waals surface area contributed by atoms with Gasteiger partial charge in [0.25, 0.3) is 23.7 Å². The summed E-state index contributed by atoms with van der Waals surface area (Å²) in [6, 6.07) is 0. The number of rotatable bonds is 20. The van der Waals surface area contributed by atoms with Gasteiger partial charge in [-0.1, -0.05) is 79.1 Å². The molecular weight excluding hydrogens is 520 g/mol. The van der Waals surface area contributed by atoms with Crippen LogP contribution in [0.1, 0.15) is 130 Å². The van der Waals surface area contributed by atoms with Gasteiger partial charge < -0.3 is 0 Å². The highest BCUT2D eigenvalue weighted by Gasteiger charge is 2.76. The number of halogens is 8. The Morgan fingerprint density at radius 1 is 0.368 bits per heavy atom. The normalized spacial score (nSPS) is 18.6. The maximum atomic E-state index is 14.0. The molecule has 0 radical (unpaired) electrons. The zero-order valence-corrected chi connectivity index (χ0v) is 23.3. The van der Waals surface area contributed by atoms with E-state index in [9.17, 15) is 35.1 Å². The Morgan fingerprint density at radius 2 is 0.553 bits per heavy atom. The van der Waals surface area contributed by atoms with E-state index < -0.39 is 60.7 Å². The molecule has 2 rings (SSSR count). The Labute approximate surface area is 222 Å². The average molecular weight is 569 g/mol. The highest BCUT2D eigenvalue weighted by Crippen LogP contribution is 2.49. The molecule has 0 bridgehead atoms. The van der Waals surface area contributed by atoms with Crippen molar-refractivity contribution in [1.82, 2.24) is 21.7 Å². The summed E-state index contributed by atoms with van der Waals surface area (Å²) in [5, 5.41) is 0. The van der Waals surface area contributed by atoms with Crippen LogP contribution in [0.25, 0.3) is 0 Å². The molecule has 0 aromatic rings. The predicted molar refractivity (Wildman–Crippen MR) is 134 cm³/mol. The molecule has 0 unspecified atom stereocenters. The topological polar surface area (TPSA) is 87.8 Å². The monoisotopic (exact) mass is 568 g/mol. The van der Waals surface area contributed by atoms with Crippen molar-refractivity contribution >= 4 is 0 Å². The van der Waals surface area contributed by atoms with E-state index in [0.717, 1.165) is 25.7 Å². The highest BCUT2D eigenvalue weighted by atomic mass is 19.3. The largest absolute Gasteiger partial charge is 0.287 e. The Balaban J connectivity index is 0.000000380. The van der Waals surface area contributed by atoms with Crippen LogP contribution in [0.3, 0.4) is 0 Å². The minimum absolute atomic E-state index is 0.264. The van der Waals surface area contributed by atoms with E-state index in [4.69, 9.17) is 0 Å². The summed E-state index contributed by atoms with van der Waals surface area (Å²) in [5.41, 5.74) is 3.08. The molecule has 0 spiro atoms. The zero-order valence-electron chi connectivity index (χ0n) is 23.3. The van der Waals surface area contributed by atoms with Crippen LogP contribution in [0.5, 0.6) is 0 Å². The molecule has 12 heteroatoms. The molecule has 2 aliphatic rings. The first-order valence-electron chi connectivity index (χ1n) is 14.3. The van der Waals surface area contributed by atoms with Gasteiger partial charge in [0.2, 0.25) is 11.3 Å². The third-order valence-corrected chi connectivity index (χ3v) is 7.32. The number of unbranched alkanes of at least 4 members (excludes halogenated alkanes) is 8. The van der Waals surface area contributed by atoms with Crippen molar-refractivity contribution in [2.24, 2.45) is 0 Å². The van der Waals surface area contributed by atoms with Crippen molar-refractivity contribution in [2.75, 3.05) is 0 Å². The van der Waals surface area contributed by atoms with Crippen molar-refractivity contribution in [3.8, 4) is 0 Å². The number of hydrazine groups is 2. The number of nitrogens with one attached hydrogen (secondary N) is 4. The summed E-state index contributed by atoms with van der Waals surface area (Å²) in [5.74, 6) is -13.7. The maximum Gasteiger partial charge on any atom is 0.287 e. The summed E-state index contributed by atoms with van der Waals surface area (Å²) >= 11 is 0. The molecule has 2 heterocycles. The van der Waals surface area contributed by atoms with Crippen molar-refractivity contribution < 1.29 is 35.1 Å². The summed E-state index contributed by atoms with van der Waals surface area (Å²) in [6.07, 6.45) is 4.70. The number of hydrogen-bond donors (Lipinski definition) is 4. The molecule has 0 saturated carbocycles. The third-order valence-electron chi connectivity index (χ3n) is 7.32. The molecule has 38 heavy (non-hydrogen) atoms. The van der Waals surface area contributed by atoms with Gasteiger partial charge in [-0.2, -0.15) is 0 Å². The fourth-order valence-electron chi connectivity index (χ4n) is 4.53. The fraction of sp³-hybridized carbons (Fsp3) is 1.00. The minimum atomic E-state index is -3.43. The lowest BCUT2D eigenvalue weighted by molar-refractivity contribution is -0.163. The first-order valence-corrected chi connectivity index (χ1v) is 14.3. The maximum absolute atomic E-state index is 14.0. The molecule has 2 aliphatic heterocycles. The van der Waals surface area contributed by atoms with E-state index in [1.165, 1.54) is 0 Å². The summed E-state index contributed by atoms with van der Waals surface area (Å²) < 4.78 is 112. The van der Waals surface area contributed by atoms with Gasteiger partial charge in [0.1, 0.15) is 0 Å². The predicted octanol–water partition coefficient (Wildman–Crippen LogP) is 8.44. The molecule has 0 aromatic carbocycles. The van der Waals surface area contributed by atoms with Crippen LogP contribution in [-0.2, 0) is 0 Å². The molecule has 0 amide bonds. The van der Waals surface area contributed by atoms with Gasteiger partial charge in [0, 0.05) is 25.7 Å². The van der Waals surface area contributed by atoms with E-state index in [1.807, 2.05) is 49.4 Å². The molecule has 2 saturated heterocycles. The summed E-state index contributed by atoms with van der Waals surface area (Å²) in [7, 11) is 0. The Bertz CT molecular complexity index is 564. The lowest BCUT2D eigenvalue weighted by Crippen LogP contribution is -2.55. The number of alkyl halides is 8.